The summed E-state index contributed by atoms with van der Waals surface area (Å²) in [5.74, 6) is 0.707. The van der Waals surface area contributed by atoms with Crippen LogP contribution < -0.4 is 0 Å². The van der Waals surface area contributed by atoms with E-state index in [1.165, 1.54) is 12.1 Å². The van der Waals surface area contributed by atoms with Crippen molar-refractivity contribution in [2.75, 3.05) is 6.54 Å². The fourth-order valence-corrected chi connectivity index (χ4v) is 4.54. The Labute approximate surface area is 186 Å². The first-order valence-corrected chi connectivity index (χ1v) is 11.0. The normalized spacial score (nSPS) is 16.1. The number of carbonyl (C=O) groups excluding carboxylic acids is 1. The molecule has 0 unspecified atom stereocenters. The maximum Gasteiger partial charge on any atom is 0.223 e. The van der Waals surface area contributed by atoms with Gasteiger partial charge in [0.25, 0.3) is 0 Å². The average molecular weight is 429 g/mol. The van der Waals surface area contributed by atoms with Gasteiger partial charge in [-0.05, 0) is 67.3 Å². The van der Waals surface area contributed by atoms with Crippen molar-refractivity contribution in [3.05, 3.63) is 83.7 Å². The highest BCUT2D eigenvalue weighted by Gasteiger charge is 2.31. The molecule has 1 fully saturated rings. The monoisotopic (exact) mass is 428 g/mol. The summed E-state index contributed by atoms with van der Waals surface area (Å²) in [5.41, 5.74) is 5.65. The van der Waals surface area contributed by atoms with E-state index in [9.17, 15) is 9.18 Å². The third-order valence-electron chi connectivity index (χ3n) is 6.08. The van der Waals surface area contributed by atoms with Crippen LogP contribution in [0.5, 0.6) is 0 Å². The van der Waals surface area contributed by atoms with Crippen molar-refractivity contribution < 1.29 is 9.18 Å². The number of hydrogen-bond donors (Lipinski definition) is 1. The maximum absolute atomic E-state index is 13.3. The fourth-order valence-electron chi connectivity index (χ4n) is 4.54. The molecule has 0 bridgehead atoms. The molecule has 3 heterocycles. The number of aromatic amines is 1. The second-order valence-electron chi connectivity index (χ2n) is 8.37. The predicted molar refractivity (Wildman–Crippen MR) is 122 cm³/mol. The lowest BCUT2D eigenvalue weighted by Crippen LogP contribution is -2.31. The number of imidazole rings is 1. The Morgan fingerprint density at radius 1 is 1.09 bits per heavy atom. The highest BCUT2D eigenvalue weighted by Crippen LogP contribution is 2.34. The Hall–Kier alpha value is -3.54. The van der Waals surface area contributed by atoms with Crippen LogP contribution in [0.1, 0.15) is 42.5 Å². The molecule has 1 N–H and O–H groups in total. The van der Waals surface area contributed by atoms with Crippen molar-refractivity contribution in [3.8, 4) is 11.1 Å². The molecule has 6 heteroatoms. The Morgan fingerprint density at radius 2 is 1.91 bits per heavy atom. The van der Waals surface area contributed by atoms with Crippen molar-refractivity contribution in [1.29, 1.82) is 0 Å². The predicted octanol–water partition coefficient (Wildman–Crippen LogP) is 5.37. The quantitative estimate of drug-likeness (QED) is 0.465. The van der Waals surface area contributed by atoms with Gasteiger partial charge in [-0.2, -0.15) is 0 Å². The zero-order valence-electron chi connectivity index (χ0n) is 18.0. The molecule has 5 rings (SSSR count). The highest BCUT2D eigenvalue weighted by molar-refractivity contribution is 5.78. The van der Waals surface area contributed by atoms with Crippen molar-refractivity contribution in [2.45, 2.75) is 38.6 Å². The van der Waals surface area contributed by atoms with E-state index in [0.717, 1.165) is 58.8 Å². The molecule has 162 valence electrons. The minimum absolute atomic E-state index is 0.0303. The van der Waals surface area contributed by atoms with E-state index in [4.69, 9.17) is 4.98 Å². The summed E-state index contributed by atoms with van der Waals surface area (Å²) in [6, 6.07) is 18.4. The number of aryl methyl sites for hydroxylation is 2. The molecule has 0 saturated carbocycles. The molecule has 1 atom stereocenters. The number of H-pyrrole nitrogens is 1. The van der Waals surface area contributed by atoms with Gasteiger partial charge in [-0.15, -0.1) is 0 Å². The largest absolute Gasteiger partial charge is 0.342 e. The lowest BCUT2D eigenvalue weighted by molar-refractivity contribution is -0.132. The Kier molecular flexibility index (Phi) is 5.43. The van der Waals surface area contributed by atoms with Crippen LogP contribution in [0.3, 0.4) is 0 Å². The molecule has 2 aromatic heterocycles. The van der Waals surface area contributed by atoms with E-state index >= 15 is 0 Å². The van der Waals surface area contributed by atoms with Gasteiger partial charge >= 0.3 is 0 Å². The summed E-state index contributed by atoms with van der Waals surface area (Å²) in [4.78, 5) is 27.7. The number of hydrogen-bond acceptors (Lipinski definition) is 3. The number of amides is 1. The molecular weight excluding hydrogens is 403 g/mol. The summed E-state index contributed by atoms with van der Waals surface area (Å²) < 4.78 is 13.3. The standard InChI is InChI=1S/C26H25FN4O/c1-17-15-19(18-8-10-20(27)11-9-18)16-23(28-17)24-7-4-14-31(24)26(32)13-12-25-29-21-5-2-3-6-22(21)30-25/h2-3,5-6,8-11,15-16,24H,4,7,12-14H2,1H3,(H,29,30)/t24-/m1/s1. The Morgan fingerprint density at radius 3 is 2.72 bits per heavy atom. The molecule has 0 radical (unpaired) electrons. The number of rotatable bonds is 5. The SMILES string of the molecule is Cc1cc(-c2ccc(F)cc2)cc([C@H]2CCCN2C(=O)CCc2nc3ccccc3[nH]2)n1. The summed E-state index contributed by atoms with van der Waals surface area (Å²) in [7, 11) is 0. The number of aromatic nitrogens is 3. The van der Waals surface area contributed by atoms with Gasteiger partial charge < -0.3 is 9.88 Å². The zero-order chi connectivity index (χ0) is 22.1. The van der Waals surface area contributed by atoms with Crippen LogP contribution in [-0.2, 0) is 11.2 Å². The van der Waals surface area contributed by atoms with Gasteiger partial charge in [0.15, 0.2) is 0 Å². The van der Waals surface area contributed by atoms with Gasteiger partial charge in [-0.25, -0.2) is 9.37 Å². The molecular formula is C26H25FN4O. The molecule has 1 saturated heterocycles. The van der Waals surface area contributed by atoms with Gasteiger partial charge in [-0.1, -0.05) is 24.3 Å². The van der Waals surface area contributed by atoms with Crippen molar-refractivity contribution in [3.63, 3.8) is 0 Å². The summed E-state index contributed by atoms with van der Waals surface area (Å²) in [5, 5.41) is 0. The van der Waals surface area contributed by atoms with E-state index in [-0.39, 0.29) is 17.8 Å². The topological polar surface area (TPSA) is 61.9 Å². The van der Waals surface area contributed by atoms with E-state index in [0.29, 0.717) is 12.8 Å². The first-order valence-electron chi connectivity index (χ1n) is 11.0. The molecule has 4 aromatic rings. The smallest absolute Gasteiger partial charge is 0.223 e. The Bertz CT molecular complexity index is 1230. The lowest BCUT2D eigenvalue weighted by Gasteiger charge is -2.25. The number of likely N-dealkylation sites (tertiary alicyclic amines) is 1. The number of fused-ring (bicyclic) bond motifs is 1. The lowest BCUT2D eigenvalue weighted by atomic mass is 10.0. The van der Waals surface area contributed by atoms with Crippen LogP contribution in [0.15, 0.2) is 60.7 Å². The number of benzene rings is 2. The van der Waals surface area contributed by atoms with E-state index in [1.807, 2.05) is 48.2 Å². The van der Waals surface area contributed by atoms with Gasteiger partial charge in [-0.3, -0.25) is 9.78 Å². The van der Waals surface area contributed by atoms with Crippen molar-refractivity contribution in [1.82, 2.24) is 19.9 Å². The molecule has 0 aliphatic carbocycles. The van der Waals surface area contributed by atoms with Crippen molar-refractivity contribution >= 4 is 16.9 Å². The Balaban J connectivity index is 1.33. The molecule has 5 nitrogen and oxygen atoms in total. The molecule has 0 spiro atoms. The highest BCUT2D eigenvalue weighted by atomic mass is 19.1. The second-order valence-corrected chi connectivity index (χ2v) is 8.37. The fraction of sp³-hybridized carbons (Fsp3) is 0.269. The summed E-state index contributed by atoms with van der Waals surface area (Å²) in [6.07, 6.45) is 2.85. The van der Waals surface area contributed by atoms with Gasteiger partial charge in [0.05, 0.1) is 22.8 Å². The van der Waals surface area contributed by atoms with E-state index in [1.54, 1.807) is 12.1 Å². The number of nitrogens with zero attached hydrogens (tertiary/aromatic N) is 3. The van der Waals surface area contributed by atoms with Crippen molar-refractivity contribution in [2.24, 2.45) is 0 Å². The number of para-hydroxylation sites is 2. The van der Waals surface area contributed by atoms with Gasteiger partial charge in [0.2, 0.25) is 5.91 Å². The first-order chi connectivity index (χ1) is 15.6. The average Bonchev–Trinajstić information content (AvgIpc) is 3.44. The minimum Gasteiger partial charge on any atom is -0.342 e. The van der Waals surface area contributed by atoms with Crippen LogP contribution in [0, 0.1) is 12.7 Å². The zero-order valence-corrected chi connectivity index (χ0v) is 18.0. The third-order valence-corrected chi connectivity index (χ3v) is 6.08. The van der Waals surface area contributed by atoms with E-state index < -0.39 is 0 Å². The number of pyridine rings is 1. The summed E-state index contributed by atoms with van der Waals surface area (Å²) in [6.45, 7) is 2.70. The molecule has 2 aromatic carbocycles. The molecule has 32 heavy (non-hydrogen) atoms. The number of halogens is 1. The first kappa shape index (κ1) is 20.4. The van der Waals surface area contributed by atoms with E-state index in [2.05, 4.69) is 9.97 Å². The van der Waals surface area contributed by atoms with Crippen LogP contribution in [0.2, 0.25) is 0 Å². The third kappa shape index (κ3) is 4.13. The van der Waals surface area contributed by atoms with Crippen LogP contribution in [-0.4, -0.2) is 32.3 Å². The molecule has 1 aliphatic rings. The molecule has 1 aliphatic heterocycles. The second kappa shape index (κ2) is 8.54. The molecule has 1 amide bonds. The van der Waals surface area contributed by atoms with Gasteiger partial charge in [0.1, 0.15) is 11.6 Å². The minimum atomic E-state index is -0.253. The van der Waals surface area contributed by atoms with Gasteiger partial charge in [0, 0.05) is 25.1 Å². The van der Waals surface area contributed by atoms with Crippen LogP contribution >= 0.6 is 0 Å². The maximum atomic E-state index is 13.3. The number of carbonyl (C=O) groups is 1. The van der Waals surface area contributed by atoms with Crippen LogP contribution in [0.25, 0.3) is 22.2 Å². The summed E-state index contributed by atoms with van der Waals surface area (Å²) >= 11 is 0. The number of nitrogens with one attached hydrogen (secondary N) is 1. The van der Waals surface area contributed by atoms with Crippen LogP contribution in [0.4, 0.5) is 4.39 Å².